The molecule has 1 saturated carbocycles. The number of halogens is 1. The number of rotatable bonds is 6. The zero-order valence-electron chi connectivity index (χ0n) is 13.0. The third-order valence-electron chi connectivity index (χ3n) is 3.83. The zero-order chi connectivity index (χ0) is 17.2. The molecular formula is C16H15BrN4O2S. The van der Waals surface area contributed by atoms with Crippen molar-refractivity contribution in [1.29, 1.82) is 5.26 Å². The summed E-state index contributed by atoms with van der Waals surface area (Å²) in [4.78, 5) is 12.1. The van der Waals surface area contributed by atoms with Crippen LogP contribution in [0.15, 0.2) is 38.4 Å². The van der Waals surface area contributed by atoms with Gasteiger partial charge in [0.2, 0.25) is 11.8 Å². The summed E-state index contributed by atoms with van der Waals surface area (Å²) in [6, 6.07) is 9.74. The molecule has 1 amide bonds. The quantitative estimate of drug-likeness (QED) is 0.738. The Labute approximate surface area is 152 Å². The summed E-state index contributed by atoms with van der Waals surface area (Å²) in [5.41, 5.74) is 0.0208. The Morgan fingerprint density at radius 1 is 1.54 bits per heavy atom. The lowest BCUT2D eigenvalue weighted by atomic mass is 9.98. The third kappa shape index (κ3) is 3.97. The monoisotopic (exact) mass is 406 g/mol. The van der Waals surface area contributed by atoms with Gasteiger partial charge < -0.3 is 9.73 Å². The number of carbonyl (C=O) groups excluding carboxylic acids is 1. The van der Waals surface area contributed by atoms with Crippen molar-refractivity contribution in [2.24, 2.45) is 5.92 Å². The van der Waals surface area contributed by atoms with Crippen molar-refractivity contribution >= 4 is 33.6 Å². The molecule has 1 atom stereocenters. The molecule has 8 heteroatoms. The van der Waals surface area contributed by atoms with E-state index in [4.69, 9.17) is 4.42 Å². The van der Waals surface area contributed by atoms with Crippen LogP contribution in [0.25, 0.3) is 11.5 Å². The van der Waals surface area contributed by atoms with Gasteiger partial charge in [0, 0.05) is 10.0 Å². The van der Waals surface area contributed by atoms with Crippen molar-refractivity contribution in [3.8, 4) is 17.5 Å². The molecule has 1 heterocycles. The minimum Gasteiger partial charge on any atom is -0.411 e. The Morgan fingerprint density at radius 2 is 2.33 bits per heavy atom. The predicted octanol–water partition coefficient (Wildman–Crippen LogP) is 3.40. The molecule has 1 N–H and O–H groups in total. The molecule has 1 aliphatic carbocycles. The summed E-state index contributed by atoms with van der Waals surface area (Å²) in [6.45, 7) is 1.77. The van der Waals surface area contributed by atoms with Crippen molar-refractivity contribution in [3.05, 3.63) is 28.7 Å². The number of nitriles is 1. The summed E-state index contributed by atoms with van der Waals surface area (Å²) in [7, 11) is 0. The van der Waals surface area contributed by atoms with Crippen molar-refractivity contribution in [3.63, 3.8) is 0 Å². The number of nitrogens with one attached hydrogen (secondary N) is 1. The van der Waals surface area contributed by atoms with Crippen molar-refractivity contribution < 1.29 is 9.21 Å². The molecule has 1 aliphatic rings. The lowest BCUT2D eigenvalue weighted by molar-refractivity contribution is -0.119. The molecule has 124 valence electrons. The van der Waals surface area contributed by atoms with Crippen LogP contribution in [0.1, 0.15) is 19.8 Å². The minimum absolute atomic E-state index is 0.129. The predicted molar refractivity (Wildman–Crippen MR) is 93.0 cm³/mol. The van der Waals surface area contributed by atoms with E-state index in [9.17, 15) is 10.1 Å². The number of hydrogen-bond donors (Lipinski definition) is 1. The van der Waals surface area contributed by atoms with E-state index in [1.807, 2.05) is 24.3 Å². The lowest BCUT2D eigenvalue weighted by Crippen LogP contribution is -2.47. The number of hydrogen-bond acceptors (Lipinski definition) is 6. The summed E-state index contributed by atoms with van der Waals surface area (Å²) >= 11 is 4.55. The Hall–Kier alpha value is -1.85. The van der Waals surface area contributed by atoms with Gasteiger partial charge >= 0.3 is 0 Å². The van der Waals surface area contributed by atoms with Crippen LogP contribution in [0.5, 0.6) is 0 Å². The summed E-state index contributed by atoms with van der Waals surface area (Å²) in [5.74, 6) is 0.574. The van der Waals surface area contributed by atoms with Gasteiger partial charge in [-0.1, -0.05) is 33.8 Å². The number of amides is 1. The first-order valence-electron chi connectivity index (χ1n) is 7.45. The highest BCUT2D eigenvalue weighted by Crippen LogP contribution is 2.39. The van der Waals surface area contributed by atoms with Crippen LogP contribution in [-0.2, 0) is 4.79 Å². The van der Waals surface area contributed by atoms with Gasteiger partial charge in [-0.05, 0) is 43.9 Å². The molecule has 0 aliphatic heterocycles. The highest BCUT2D eigenvalue weighted by Gasteiger charge is 2.42. The number of benzene rings is 1. The van der Waals surface area contributed by atoms with Gasteiger partial charge in [-0.2, -0.15) is 5.26 Å². The van der Waals surface area contributed by atoms with E-state index < -0.39 is 5.54 Å². The van der Waals surface area contributed by atoms with Gasteiger partial charge in [-0.3, -0.25) is 4.79 Å². The first-order valence-corrected chi connectivity index (χ1v) is 9.22. The number of thioether (sulfide) groups is 1. The molecule has 0 unspecified atom stereocenters. The van der Waals surface area contributed by atoms with Crippen LogP contribution in [0, 0.1) is 17.2 Å². The molecule has 0 saturated heterocycles. The summed E-state index contributed by atoms with van der Waals surface area (Å²) < 4.78 is 6.49. The highest BCUT2D eigenvalue weighted by atomic mass is 79.9. The van der Waals surface area contributed by atoms with Crippen molar-refractivity contribution in [2.75, 3.05) is 5.75 Å². The fourth-order valence-corrected chi connectivity index (χ4v) is 3.30. The maximum Gasteiger partial charge on any atom is 0.277 e. The number of aromatic nitrogens is 2. The molecule has 0 bridgehead atoms. The second kappa shape index (κ2) is 6.95. The normalized spacial score (nSPS) is 16.2. The van der Waals surface area contributed by atoms with Crippen LogP contribution in [0.4, 0.5) is 0 Å². The second-order valence-corrected chi connectivity index (χ2v) is 7.65. The molecular weight excluding hydrogens is 392 g/mol. The van der Waals surface area contributed by atoms with E-state index in [1.54, 1.807) is 6.92 Å². The first-order chi connectivity index (χ1) is 11.5. The second-order valence-electron chi connectivity index (χ2n) is 5.81. The first kappa shape index (κ1) is 17.0. The van der Waals surface area contributed by atoms with Gasteiger partial charge in [0.25, 0.3) is 5.22 Å². The number of nitrogens with zero attached hydrogens (tertiary/aromatic N) is 3. The fourth-order valence-electron chi connectivity index (χ4n) is 2.34. The summed E-state index contributed by atoms with van der Waals surface area (Å²) in [5, 5.41) is 20.3. The summed E-state index contributed by atoms with van der Waals surface area (Å²) in [6.07, 6.45) is 1.97. The van der Waals surface area contributed by atoms with Crippen LogP contribution in [0.2, 0.25) is 0 Å². The van der Waals surface area contributed by atoms with Crippen molar-refractivity contribution in [2.45, 2.75) is 30.5 Å². The van der Waals surface area contributed by atoms with E-state index in [0.29, 0.717) is 11.1 Å². The standard InChI is InChI=1S/C16H15BrN4O2S/c1-16(9-18,11-5-6-11)19-13(22)8-24-15-21-20-14(23-15)10-3-2-4-12(17)7-10/h2-4,7,11H,5-6,8H2,1H3,(H,19,22)/t16-/m0/s1. The molecule has 6 nitrogen and oxygen atoms in total. The molecule has 1 fully saturated rings. The van der Waals surface area contributed by atoms with E-state index >= 15 is 0 Å². The molecule has 0 radical (unpaired) electrons. The fraction of sp³-hybridized carbons (Fsp3) is 0.375. The maximum atomic E-state index is 12.1. The van der Waals surface area contributed by atoms with Crippen LogP contribution in [-0.4, -0.2) is 27.4 Å². The van der Waals surface area contributed by atoms with E-state index in [1.165, 1.54) is 0 Å². The topological polar surface area (TPSA) is 91.8 Å². The van der Waals surface area contributed by atoms with Gasteiger partial charge in [0.15, 0.2) is 0 Å². The van der Waals surface area contributed by atoms with Gasteiger partial charge in [0.1, 0.15) is 5.54 Å². The molecule has 1 aromatic carbocycles. The van der Waals surface area contributed by atoms with Crippen molar-refractivity contribution in [1.82, 2.24) is 15.5 Å². The van der Waals surface area contributed by atoms with Gasteiger partial charge in [-0.15, -0.1) is 10.2 Å². The third-order valence-corrected chi connectivity index (χ3v) is 5.14. The van der Waals surface area contributed by atoms with E-state index in [0.717, 1.165) is 34.6 Å². The van der Waals surface area contributed by atoms with Crippen LogP contribution < -0.4 is 5.32 Å². The average Bonchev–Trinajstić information content (AvgIpc) is 3.32. The Balaban J connectivity index is 1.57. The Kier molecular flexibility index (Phi) is 4.92. The molecule has 24 heavy (non-hydrogen) atoms. The Morgan fingerprint density at radius 3 is 3.00 bits per heavy atom. The highest BCUT2D eigenvalue weighted by molar-refractivity contribution is 9.10. The number of carbonyl (C=O) groups is 1. The molecule has 0 spiro atoms. The van der Waals surface area contributed by atoms with Gasteiger partial charge in [0.05, 0.1) is 11.8 Å². The Bertz CT molecular complexity index is 799. The minimum atomic E-state index is -0.784. The SMILES string of the molecule is C[C@@](C#N)(NC(=O)CSc1nnc(-c2cccc(Br)c2)o1)C1CC1. The lowest BCUT2D eigenvalue weighted by Gasteiger charge is -2.22. The molecule has 3 rings (SSSR count). The molecule has 2 aromatic rings. The molecule has 1 aromatic heterocycles. The average molecular weight is 407 g/mol. The van der Waals surface area contributed by atoms with E-state index in [2.05, 4.69) is 37.5 Å². The zero-order valence-corrected chi connectivity index (χ0v) is 15.4. The van der Waals surface area contributed by atoms with Gasteiger partial charge in [-0.25, -0.2) is 0 Å². The van der Waals surface area contributed by atoms with Crippen LogP contribution >= 0.6 is 27.7 Å². The van der Waals surface area contributed by atoms with E-state index in [-0.39, 0.29) is 17.6 Å². The van der Waals surface area contributed by atoms with Crippen LogP contribution in [0.3, 0.4) is 0 Å². The largest absolute Gasteiger partial charge is 0.411 e. The maximum absolute atomic E-state index is 12.1. The smallest absolute Gasteiger partial charge is 0.277 e.